The van der Waals surface area contributed by atoms with E-state index >= 15 is 0 Å². The summed E-state index contributed by atoms with van der Waals surface area (Å²) in [6.45, 7) is 1.56. The zero-order valence-electron chi connectivity index (χ0n) is 15.0. The lowest BCUT2D eigenvalue weighted by Gasteiger charge is -2.30. The van der Waals surface area contributed by atoms with Crippen LogP contribution in [0, 0.1) is 5.92 Å². The molecule has 0 spiro atoms. The number of benzene rings is 1. The molecule has 4 atom stereocenters. The largest absolute Gasteiger partial charge is 0.480 e. The Hall–Kier alpha value is -2.85. The molecule has 0 saturated carbocycles. The van der Waals surface area contributed by atoms with Crippen molar-refractivity contribution in [2.45, 2.75) is 31.5 Å². The molecule has 6 N–H and O–H groups in total. The van der Waals surface area contributed by atoms with E-state index in [2.05, 4.69) is 5.32 Å². The summed E-state index contributed by atoms with van der Waals surface area (Å²) in [4.78, 5) is 35.1. The summed E-state index contributed by atoms with van der Waals surface area (Å²) < 4.78 is 15.4. The molecule has 0 radical (unpaired) electrons. The van der Waals surface area contributed by atoms with E-state index in [0.717, 1.165) is 5.56 Å². The number of methoxy groups -OCH3 is 1. The first-order chi connectivity index (χ1) is 12.7. The Bertz CT molecular complexity index is 704. The molecule has 1 aromatic rings. The smallest absolute Gasteiger partial charge is 0.323 e. The third kappa shape index (κ3) is 4.86. The van der Waals surface area contributed by atoms with Crippen LogP contribution in [0.4, 0.5) is 0 Å². The molecule has 2 rings (SSSR count). The zero-order chi connectivity index (χ0) is 20.1. The standard InChI is InChI=1S/C17H23N3O7/c1-8(15(19)21)14(13(18)16(22)23)20-10(17(24)25-2)5-9-3-4-11-12(6-9)27-7-26-11/h3-4,6,8,10,13-14,20H,5,7,18H2,1-2H3,(H2,19,21)(H,22,23)/t8?,10?,13-,14?/m0/s1. The Morgan fingerprint density at radius 1 is 1.30 bits per heavy atom. The highest BCUT2D eigenvalue weighted by Crippen LogP contribution is 2.32. The molecule has 1 heterocycles. The minimum atomic E-state index is -1.45. The van der Waals surface area contributed by atoms with E-state index in [1.54, 1.807) is 18.2 Å². The molecule has 0 saturated heterocycles. The molecule has 10 heteroatoms. The van der Waals surface area contributed by atoms with Crippen LogP contribution in [0.5, 0.6) is 11.5 Å². The average molecular weight is 381 g/mol. The van der Waals surface area contributed by atoms with Gasteiger partial charge in [-0.25, -0.2) is 0 Å². The Labute approximate surface area is 155 Å². The topological polar surface area (TPSA) is 163 Å². The van der Waals surface area contributed by atoms with Crippen molar-refractivity contribution in [1.29, 1.82) is 0 Å². The molecule has 10 nitrogen and oxygen atoms in total. The highest BCUT2D eigenvalue weighted by molar-refractivity contribution is 5.81. The molecule has 0 aromatic heterocycles. The number of hydrogen-bond donors (Lipinski definition) is 4. The molecule has 3 unspecified atom stereocenters. The normalized spacial score (nSPS) is 16.9. The molecule has 0 bridgehead atoms. The number of nitrogens with one attached hydrogen (secondary N) is 1. The number of carboxylic acid groups (broad SMARTS) is 1. The van der Waals surface area contributed by atoms with Crippen molar-refractivity contribution in [1.82, 2.24) is 5.32 Å². The number of carbonyl (C=O) groups excluding carboxylic acids is 2. The van der Waals surface area contributed by atoms with Crippen molar-refractivity contribution < 1.29 is 33.7 Å². The van der Waals surface area contributed by atoms with Gasteiger partial charge in [-0.05, 0) is 24.1 Å². The molecule has 0 fully saturated rings. The number of esters is 1. The summed E-state index contributed by atoms with van der Waals surface area (Å²) in [6.07, 6.45) is 0.150. The maximum Gasteiger partial charge on any atom is 0.323 e. The molecule has 1 aliphatic rings. The summed E-state index contributed by atoms with van der Waals surface area (Å²) in [6, 6.07) is 1.69. The number of carboxylic acids is 1. The number of aliphatic carboxylic acids is 1. The number of amides is 1. The Balaban J connectivity index is 2.24. The van der Waals surface area contributed by atoms with Gasteiger partial charge in [-0.1, -0.05) is 13.0 Å². The number of fused-ring (bicyclic) bond motifs is 1. The predicted molar refractivity (Wildman–Crippen MR) is 93.0 cm³/mol. The zero-order valence-corrected chi connectivity index (χ0v) is 15.0. The highest BCUT2D eigenvalue weighted by atomic mass is 16.7. The highest BCUT2D eigenvalue weighted by Gasteiger charge is 2.36. The van der Waals surface area contributed by atoms with Gasteiger partial charge in [0.25, 0.3) is 0 Å². The number of carbonyl (C=O) groups is 3. The fraction of sp³-hybridized carbons (Fsp3) is 0.471. The fourth-order valence-electron chi connectivity index (χ4n) is 2.78. The van der Waals surface area contributed by atoms with Gasteiger partial charge in [-0.2, -0.15) is 0 Å². The van der Waals surface area contributed by atoms with Crippen molar-refractivity contribution in [2.24, 2.45) is 17.4 Å². The van der Waals surface area contributed by atoms with E-state index in [9.17, 15) is 19.5 Å². The van der Waals surface area contributed by atoms with Crippen LogP contribution >= 0.6 is 0 Å². The summed E-state index contributed by atoms with van der Waals surface area (Å²) >= 11 is 0. The van der Waals surface area contributed by atoms with Crippen LogP contribution < -0.4 is 26.3 Å². The van der Waals surface area contributed by atoms with Crippen molar-refractivity contribution in [2.75, 3.05) is 13.9 Å². The van der Waals surface area contributed by atoms with Crippen LogP contribution in [0.15, 0.2) is 18.2 Å². The van der Waals surface area contributed by atoms with Gasteiger partial charge in [-0.3, -0.25) is 19.7 Å². The van der Waals surface area contributed by atoms with Crippen molar-refractivity contribution in [3.8, 4) is 11.5 Å². The average Bonchev–Trinajstić information content (AvgIpc) is 3.10. The van der Waals surface area contributed by atoms with Gasteiger partial charge in [0.05, 0.1) is 13.0 Å². The molecule has 1 aromatic carbocycles. The lowest BCUT2D eigenvalue weighted by molar-refractivity contribution is -0.145. The van der Waals surface area contributed by atoms with Crippen molar-refractivity contribution >= 4 is 17.8 Å². The second kappa shape index (κ2) is 8.69. The van der Waals surface area contributed by atoms with E-state index in [1.165, 1.54) is 14.0 Å². The van der Waals surface area contributed by atoms with E-state index in [-0.39, 0.29) is 13.2 Å². The monoisotopic (exact) mass is 381 g/mol. The molecule has 148 valence electrons. The number of ether oxygens (including phenoxy) is 3. The van der Waals surface area contributed by atoms with Gasteiger partial charge in [0.15, 0.2) is 11.5 Å². The fourth-order valence-corrected chi connectivity index (χ4v) is 2.78. The number of nitrogens with two attached hydrogens (primary N) is 2. The van der Waals surface area contributed by atoms with Crippen LogP contribution in [0.1, 0.15) is 12.5 Å². The van der Waals surface area contributed by atoms with Gasteiger partial charge in [0.2, 0.25) is 12.7 Å². The van der Waals surface area contributed by atoms with E-state index in [0.29, 0.717) is 11.5 Å². The van der Waals surface area contributed by atoms with Crippen molar-refractivity contribution in [3.63, 3.8) is 0 Å². The second-order valence-corrected chi connectivity index (χ2v) is 6.21. The summed E-state index contributed by atoms with van der Waals surface area (Å²) in [5.41, 5.74) is 11.7. The first kappa shape index (κ1) is 20.5. The van der Waals surface area contributed by atoms with Gasteiger partial charge in [0.1, 0.15) is 12.1 Å². The summed E-state index contributed by atoms with van der Waals surface area (Å²) in [5.74, 6) is -2.50. The number of hydrogen-bond acceptors (Lipinski definition) is 8. The first-order valence-electron chi connectivity index (χ1n) is 8.24. The third-order valence-corrected chi connectivity index (χ3v) is 4.42. The molecule has 27 heavy (non-hydrogen) atoms. The van der Waals surface area contributed by atoms with Gasteiger partial charge in [-0.15, -0.1) is 0 Å². The summed E-state index contributed by atoms with van der Waals surface area (Å²) in [5, 5.41) is 12.1. The predicted octanol–water partition coefficient (Wildman–Crippen LogP) is -1.01. The SMILES string of the molecule is COC(=O)C(Cc1ccc2c(c1)OCO2)NC(C(C)C(N)=O)[C@H](N)C(=O)O. The van der Waals surface area contributed by atoms with E-state index in [4.69, 9.17) is 25.7 Å². The van der Waals surface area contributed by atoms with Gasteiger partial charge in [0, 0.05) is 6.04 Å². The minimum Gasteiger partial charge on any atom is -0.480 e. The maximum atomic E-state index is 12.2. The minimum absolute atomic E-state index is 0.114. The first-order valence-corrected chi connectivity index (χ1v) is 8.24. The van der Waals surface area contributed by atoms with E-state index in [1.807, 2.05) is 0 Å². The second-order valence-electron chi connectivity index (χ2n) is 6.21. The summed E-state index contributed by atoms with van der Waals surface area (Å²) in [7, 11) is 1.21. The number of primary amides is 1. The quantitative estimate of drug-likeness (QED) is 0.392. The van der Waals surface area contributed by atoms with Crippen LogP contribution in [-0.2, 0) is 25.5 Å². The Morgan fingerprint density at radius 3 is 2.56 bits per heavy atom. The Morgan fingerprint density at radius 2 is 1.96 bits per heavy atom. The van der Waals surface area contributed by atoms with E-state index < -0.39 is 41.9 Å². The molecule has 1 amide bonds. The van der Waals surface area contributed by atoms with Crippen LogP contribution in [0.2, 0.25) is 0 Å². The Kier molecular flexibility index (Phi) is 6.59. The molecule has 0 aliphatic carbocycles. The van der Waals surface area contributed by atoms with Gasteiger partial charge < -0.3 is 30.8 Å². The lowest BCUT2D eigenvalue weighted by Crippen LogP contribution is -2.60. The molecule has 1 aliphatic heterocycles. The molecular formula is C17H23N3O7. The number of rotatable bonds is 9. The molecular weight excluding hydrogens is 358 g/mol. The van der Waals surface area contributed by atoms with Gasteiger partial charge >= 0.3 is 11.9 Å². The maximum absolute atomic E-state index is 12.2. The lowest BCUT2D eigenvalue weighted by atomic mass is 9.92. The van der Waals surface area contributed by atoms with Crippen molar-refractivity contribution in [3.05, 3.63) is 23.8 Å². The van der Waals surface area contributed by atoms with Crippen LogP contribution in [0.25, 0.3) is 0 Å². The third-order valence-electron chi connectivity index (χ3n) is 4.42. The van der Waals surface area contributed by atoms with Crippen LogP contribution in [-0.4, -0.2) is 55.0 Å². The van der Waals surface area contributed by atoms with Crippen LogP contribution in [0.3, 0.4) is 0 Å².